The van der Waals surface area contributed by atoms with Crippen LogP contribution < -0.4 is 0 Å². The minimum atomic E-state index is -0.954. The predicted octanol–water partition coefficient (Wildman–Crippen LogP) is -0.583. The number of hydrogen-bond acceptors (Lipinski definition) is 6. The van der Waals surface area contributed by atoms with Crippen molar-refractivity contribution in [1.29, 1.82) is 0 Å². The standard InChI is InChI=1S/C8H12O3.C3H8O3/c1-3-6-11-8(10)5-4-7(2)9;4-1-3(6)2-5/h3H,1,4-6H2,2H3;3-6H,1-2H2. The van der Waals surface area contributed by atoms with Gasteiger partial charge in [-0.1, -0.05) is 12.7 Å². The zero-order chi connectivity index (χ0) is 13.7. The number of ether oxygens (including phenoxy) is 1. The largest absolute Gasteiger partial charge is 0.461 e. The van der Waals surface area contributed by atoms with Crippen molar-refractivity contribution >= 4 is 11.8 Å². The molecule has 0 rings (SSSR count). The maximum atomic E-state index is 10.7. The molecule has 0 fully saturated rings. The molecule has 0 spiro atoms. The monoisotopic (exact) mass is 248 g/mol. The fourth-order valence-corrected chi connectivity index (χ4v) is 0.560. The van der Waals surface area contributed by atoms with Gasteiger partial charge < -0.3 is 24.9 Å². The summed E-state index contributed by atoms with van der Waals surface area (Å²) in [7, 11) is 0. The first-order valence-corrected chi connectivity index (χ1v) is 5.13. The average Bonchev–Trinajstić information content (AvgIpc) is 2.33. The van der Waals surface area contributed by atoms with Gasteiger partial charge >= 0.3 is 5.97 Å². The van der Waals surface area contributed by atoms with E-state index in [1.54, 1.807) is 0 Å². The quantitative estimate of drug-likeness (QED) is 0.411. The molecule has 0 aliphatic rings. The van der Waals surface area contributed by atoms with E-state index in [1.165, 1.54) is 13.0 Å². The van der Waals surface area contributed by atoms with E-state index in [9.17, 15) is 9.59 Å². The number of carbonyl (C=O) groups is 2. The van der Waals surface area contributed by atoms with Gasteiger partial charge in [0.15, 0.2) is 0 Å². The van der Waals surface area contributed by atoms with E-state index in [2.05, 4.69) is 11.3 Å². The van der Waals surface area contributed by atoms with Crippen molar-refractivity contribution < 1.29 is 29.6 Å². The first-order chi connectivity index (χ1) is 7.97. The molecule has 0 atom stereocenters. The lowest BCUT2D eigenvalue weighted by Gasteiger charge is -1.98. The van der Waals surface area contributed by atoms with Gasteiger partial charge in [0.05, 0.1) is 19.6 Å². The van der Waals surface area contributed by atoms with Crippen LogP contribution >= 0.6 is 0 Å². The van der Waals surface area contributed by atoms with Crippen LogP contribution in [0.2, 0.25) is 0 Å². The third-order valence-corrected chi connectivity index (χ3v) is 1.46. The molecule has 0 aromatic carbocycles. The van der Waals surface area contributed by atoms with Gasteiger partial charge in [-0.15, -0.1) is 0 Å². The molecule has 0 bridgehead atoms. The van der Waals surface area contributed by atoms with Gasteiger partial charge in [0.25, 0.3) is 0 Å². The van der Waals surface area contributed by atoms with Gasteiger partial charge in [0, 0.05) is 6.42 Å². The Hall–Kier alpha value is -1.24. The van der Waals surface area contributed by atoms with Crippen molar-refractivity contribution in [3.8, 4) is 0 Å². The number of rotatable bonds is 7. The molecule has 0 aromatic heterocycles. The van der Waals surface area contributed by atoms with Crippen LogP contribution in [0.3, 0.4) is 0 Å². The van der Waals surface area contributed by atoms with Gasteiger partial charge in [-0.2, -0.15) is 0 Å². The smallest absolute Gasteiger partial charge is 0.306 e. The number of esters is 1. The highest BCUT2D eigenvalue weighted by Gasteiger charge is 2.02. The number of carbonyl (C=O) groups excluding carboxylic acids is 2. The van der Waals surface area contributed by atoms with E-state index in [0.29, 0.717) is 0 Å². The molecule has 0 heterocycles. The van der Waals surface area contributed by atoms with Crippen molar-refractivity contribution in [1.82, 2.24) is 0 Å². The van der Waals surface area contributed by atoms with E-state index < -0.39 is 6.10 Å². The van der Waals surface area contributed by atoms with Crippen molar-refractivity contribution in [2.45, 2.75) is 25.9 Å². The Morgan fingerprint density at radius 3 is 2.12 bits per heavy atom. The third kappa shape index (κ3) is 17.4. The van der Waals surface area contributed by atoms with Crippen LogP contribution in [0.5, 0.6) is 0 Å². The summed E-state index contributed by atoms with van der Waals surface area (Å²) in [6.07, 6.45) is 0.968. The van der Waals surface area contributed by atoms with E-state index >= 15 is 0 Å². The molecule has 0 amide bonds. The first-order valence-electron chi connectivity index (χ1n) is 5.13. The predicted molar refractivity (Wildman–Crippen MR) is 61.2 cm³/mol. The minimum Gasteiger partial charge on any atom is -0.461 e. The second-order valence-electron chi connectivity index (χ2n) is 3.19. The zero-order valence-electron chi connectivity index (χ0n) is 9.96. The van der Waals surface area contributed by atoms with Gasteiger partial charge in [0.2, 0.25) is 0 Å². The molecule has 17 heavy (non-hydrogen) atoms. The van der Waals surface area contributed by atoms with Crippen LogP contribution in [0, 0.1) is 0 Å². The van der Waals surface area contributed by atoms with Gasteiger partial charge in [-0.25, -0.2) is 0 Å². The Morgan fingerprint density at radius 1 is 1.29 bits per heavy atom. The number of ketones is 1. The van der Waals surface area contributed by atoms with Crippen molar-refractivity contribution in [2.24, 2.45) is 0 Å². The molecule has 0 radical (unpaired) electrons. The van der Waals surface area contributed by atoms with E-state index in [4.69, 9.17) is 15.3 Å². The van der Waals surface area contributed by atoms with Crippen LogP contribution in [0.1, 0.15) is 19.8 Å². The lowest BCUT2D eigenvalue weighted by atomic mass is 10.2. The SMILES string of the molecule is C=CCOC(=O)CCC(C)=O.OCC(O)CO. The normalized spacial score (nSPS) is 9.24. The molecule has 100 valence electrons. The molecule has 0 aliphatic heterocycles. The van der Waals surface area contributed by atoms with Crippen molar-refractivity contribution in [2.75, 3.05) is 19.8 Å². The van der Waals surface area contributed by atoms with Gasteiger partial charge in [-0.3, -0.25) is 4.79 Å². The zero-order valence-corrected chi connectivity index (χ0v) is 9.96. The Morgan fingerprint density at radius 2 is 1.82 bits per heavy atom. The summed E-state index contributed by atoms with van der Waals surface area (Å²) in [5.41, 5.74) is 0. The molecule has 0 aromatic rings. The average molecular weight is 248 g/mol. The molecule has 6 nitrogen and oxygen atoms in total. The third-order valence-electron chi connectivity index (χ3n) is 1.46. The fraction of sp³-hybridized carbons (Fsp3) is 0.636. The molecule has 0 saturated heterocycles. The van der Waals surface area contributed by atoms with Crippen molar-refractivity contribution in [3.63, 3.8) is 0 Å². The minimum absolute atomic E-state index is 0.000512. The second kappa shape index (κ2) is 12.8. The summed E-state index contributed by atoms with van der Waals surface area (Å²) in [6, 6.07) is 0. The van der Waals surface area contributed by atoms with Gasteiger partial charge in [0.1, 0.15) is 18.5 Å². The van der Waals surface area contributed by atoms with Crippen LogP contribution in [-0.4, -0.2) is 53.0 Å². The molecule has 0 unspecified atom stereocenters. The van der Waals surface area contributed by atoms with Crippen LogP contribution in [0.4, 0.5) is 0 Å². The van der Waals surface area contributed by atoms with Crippen LogP contribution in [0.25, 0.3) is 0 Å². The summed E-state index contributed by atoms with van der Waals surface area (Å²) in [5, 5.41) is 24.0. The van der Waals surface area contributed by atoms with Crippen LogP contribution in [-0.2, 0) is 14.3 Å². The topological polar surface area (TPSA) is 104 Å². The van der Waals surface area contributed by atoms with Gasteiger partial charge in [-0.05, 0) is 6.92 Å². The van der Waals surface area contributed by atoms with E-state index in [1.807, 2.05) is 0 Å². The summed E-state index contributed by atoms with van der Waals surface area (Å²) in [6.45, 7) is 4.32. The summed E-state index contributed by atoms with van der Waals surface area (Å²) in [5.74, 6) is -0.347. The maximum absolute atomic E-state index is 10.7. The molecule has 6 heteroatoms. The number of Topliss-reactive ketones (excluding diaryl/α,β-unsaturated/α-hetero) is 1. The summed E-state index contributed by atoms with van der Waals surface area (Å²) >= 11 is 0. The highest BCUT2D eigenvalue weighted by atomic mass is 16.5. The highest BCUT2D eigenvalue weighted by Crippen LogP contribution is 1.93. The van der Waals surface area contributed by atoms with Crippen molar-refractivity contribution in [3.05, 3.63) is 12.7 Å². The van der Waals surface area contributed by atoms with E-state index in [-0.39, 0.29) is 44.4 Å². The number of hydrogen-bond donors (Lipinski definition) is 3. The molecule has 3 N–H and O–H groups in total. The Balaban J connectivity index is 0. The fourth-order valence-electron chi connectivity index (χ4n) is 0.560. The number of aliphatic hydroxyl groups excluding tert-OH is 3. The highest BCUT2D eigenvalue weighted by molar-refractivity contribution is 5.80. The molecular weight excluding hydrogens is 228 g/mol. The Kier molecular flexibility index (Phi) is 13.7. The summed E-state index contributed by atoms with van der Waals surface area (Å²) < 4.78 is 4.63. The lowest BCUT2D eigenvalue weighted by molar-refractivity contribution is -0.143. The Labute approximate surface area is 101 Å². The lowest BCUT2D eigenvalue weighted by Crippen LogP contribution is -2.15. The second-order valence-corrected chi connectivity index (χ2v) is 3.19. The first kappa shape index (κ1) is 18.1. The molecule has 0 saturated carbocycles. The Bertz CT molecular complexity index is 222. The number of aliphatic hydroxyl groups is 3. The summed E-state index contributed by atoms with van der Waals surface area (Å²) in [4.78, 5) is 21.1. The molecular formula is C11H20O6. The van der Waals surface area contributed by atoms with E-state index in [0.717, 1.165) is 0 Å². The maximum Gasteiger partial charge on any atom is 0.306 e. The molecule has 0 aliphatic carbocycles. The van der Waals surface area contributed by atoms with Crippen LogP contribution in [0.15, 0.2) is 12.7 Å².